The molecule has 0 spiro atoms. The molecule has 0 atom stereocenters. The van der Waals surface area contributed by atoms with E-state index in [1.807, 2.05) is 36.4 Å². The van der Waals surface area contributed by atoms with Gasteiger partial charge in [0.25, 0.3) is 0 Å². The number of hydrogen-bond donors (Lipinski definition) is 1. The van der Waals surface area contributed by atoms with E-state index in [0.29, 0.717) is 6.61 Å². The molecule has 3 rings (SSSR count). The molecule has 1 aliphatic rings. The molecule has 1 fully saturated rings. The molecule has 0 aromatic heterocycles. The summed E-state index contributed by atoms with van der Waals surface area (Å²) in [5.74, 6) is 0.882. The van der Waals surface area contributed by atoms with Crippen LogP contribution in [0.1, 0.15) is 11.1 Å². The van der Waals surface area contributed by atoms with Crippen molar-refractivity contribution in [3.63, 3.8) is 0 Å². The second kappa shape index (κ2) is 9.78. The van der Waals surface area contributed by atoms with Crippen molar-refractivity contribution < 1.29 is 9.47 Å². The van der Waals surface area contributed by atoms with E-state index in [4.69, 9.17) is 21.1 Å². The Morgan fingerprint density at radius 3 is 2.68 bits per heavy atom. The number of hydrogen-bond acceptors (Lipinski definition) is 4. The van der Waals surface area contributed by atoms with E-state index in [9.17, 15) is 0 Å². The van der Waals surface area contributed by atoms with Crippen molar-refractivity contribution in [1.82, 2.24) is 10.2 Å². The largest absolute Gasteiger partial charge is 0.489 e. The smallest absolute Gasteiger partial charge is 0.124 e. The van der Waals surface area contributed by atoms with Gasteiger partial charge in [0.15, 0.2) is 0 Å². The Morgan fingerprint density at radius 2 is 1.88 bits per heavy atom. The quantitative estimate of drug-likeness (QED) is 0.732. The van der Waals surface area contributed by atoms with Crippen molar-refractivity contribution in [2.24, 2.45) is 0 Å². The highest BCUT2D eigenvalue weighted by Crippen LogP contribution is 2.23. The summed E-state index contributed by atoms with van der Waals surface area (Å²) in [6, 6.07) is 16.0. The van der Waals surface area contributed by atoms with Crippen LogP contribution in [0.3, 0.4) is 0 Å². The summed E-state index contributed by atoms with van der Waals surface area (Å²) in [4.78, 5) is 2.42. The normalized spacial score (nSPS) is 15.2. The average molecular weight is 361 g/mol. The highest BCUT2D eigenvalue weighted by atomic mass is 35.5. The van der Waals surface area contributed by atoms with E-state index in [1.54, 1.807) is 0 Å². The number of benzene rings is 2. The maximum absolute atomic E-state index is 6.16. The number of rotatable bonds is 8. The van der Waals surface area contributed by atoms with Crippen LogP contribution in [0, 0.1) is 0 Å². The maximum atomic E-state index is 6.16. The molecule has 0 unspecified atom stereocenters. The third-order valence-corrected chi connectivity index (χ3v) is 4.52. The number of nitrogens with one attached hydrogen (secondary N) is 1. The topological polar surface area (TPSA) is 33.7 Å². The molecule has 5 heteroatoms. The Hall–Kier alpha value is -1.59. The molecule has 0 aliphatic carbocycles. The third kappa shape index (κ3) is 6.01. The Morgan fingerprint density at radius 1 is 1.08 bits per heavy atom. The summed E-state index contributed by atoms with van der Waals surface area (Å²) in [5.41, 5.74) is 2.24. The van der Waals surface area contributed by atoms with Crippen LogP contribution in [0.5, 0.6) is 5.75 Å². The minimum absolute atomic E-state index is 0.559. The van der Waals surface area contributed by atoms with Gasteiger partial charge >= 0.3 is 0 Å². The van der Waals surface area contributed by atoms with E-state index < -0.39 is 0 Å². The highest BCUT2D eigenvalue weighted by molar-refractivity contribution is 6.30. The van der Waals surface area contributed by atoms with Gasteiger partial charge in [0.05, 0.1) is 13.2 Å². The Bertz CT molecular complexity index is 645. The van der Waals surface area contributed by atoms with Gasteiger partial charge in [-0.05, 0) is 23.8 Å². The Labute approximate surface area is 154 Å². The minimum atomic E-state index is 0.559. The molecular weight excluding hydrogens is 336 g/mol. The van der Waals surface area contributed by atoms with E-state index in [-0.39, 0.29) is 0 Å². The summed E-state index contributed by atoms with van der Waals surface area (Å²) in [5, 5.41) is 4.23. The maximum Gasteiger partial charge on any atom is 0.124 e. The SMILES string of the molecule is Clc1ccc(OCc2ccccc2)c(CNCCN2CCOCC2)c1. The molecule has 0 radical (unpaired) electrons. The van der Waals surface area contributed by atoms with E-state index >= 15 is 0 Å². The zero-order valence-corrected chi connectivity index (χ0v) is 15.2. The molecule has 0 saturated carbocycles. The minimum Gasteiger partial charge on any atom is -0.489 e. The fourth-order valence-corrected chi connectivity index (χ4v) is 3.04. The first-order valence-corrected chi connectivity index (χ1v) is 9.15. The van der Waals surface area contributed by atoms with Crippen molar-refractivity contribution in [3.05, 3.63) is 64.7 Å². The summed E-state index contributed by atoms with van der Waals surface area (Å²) in [7, 11) is 0. The average Bonchev–Trinajstić information content (AvgIpc) is 2.66. The van der Waals surface area contributed by atoms with Crippen LogP contribution >= 0.6 is 11.6 Å². The fourth-order valence-electron chi connectivity index (χ4n) is 2.85. The van der Waals surface area contributed by atoms with Gasteiger partial charge in [-0.1, -0.05) is 41.9 Å². The van der Waals surface area contributed by atoms with Crippen molar-refractivity contribution in [3.8, 4) is 5.75 Å². The number of halogens is 1. The number of morpholine rings is 1. The first kappa shape index (κ1) is 18.2. The molecule has 1 heterocycles. The predicted octanol–water partition coefficient (Wildman–Crippen LogP) is 3.34. The second-order valence-electron chi connectivity index (χ2n) is 6.16. The molecule has 0 amide bonds. The van der Waals surface area contributed by atoms with Gasteiger partial charge < -0.3 is 14.8 Å². The predicted molar refractivity (Wildman–Crippen MR) is 101 cm³/mol. The Balaban J connectivity index is 1.50. The van der Waals surface area contributed by atoms with Crippen LogP contribution < -0.4 is 10.1 Å². The second-order valence-corrected chi connectivity index (χ2v) is 6.59. The van der Waals surface area contributed by atoms with Gasteiger partial charge in [0.2, 0.25) is 0 Å². The van der Waals surface area contributed by atoms with Gasteiger partial charge in [-0.3, -0.25) is 4.90 Å². The van der Waals surface area contributed by atoms with Crippen LogP contribution in [-0.4, -0.2) is 44.3 Å². The van der Waals surface area contributed by atoms with Gasteiger partial charge in [-0.25, -0.2) is 0 Å². The lowest BCUT2D eigenvalue weighted by atomic mass is 10.2. The molecular formula is C20H25ClN2O2. The fraction of sp³-hybridized carbons (Fsp3) is 0.400. The summed E-state index contributed by atoms with van der Waals surface area (Å²) >= 11 is 6.16. The summed E-state index contributed by atoms with van der Waals surface area (Å²) < 4.78 is 11.4. The monoisotopic (exact) mass is 360 g/mol. The molecule has 0 bridgehead atoms. The first-order chi connectivity index (χ1) is 12.3. The Kier molecular flexibility index (Phi) is 7.12. The first-order valence-electron chi connectivity index (χ1n) is 8.77. The van der Waals surface area contributed by atoms with Crippen molar-refractivity contribution in [2.45, 2.75) is 13.2 Å². The molecule has 134 valence electrons. The van der Waals surface area contributed by atoms with E-state index in [2.05, 4.69) is 22.3 Å². The number of ether oxygens (including phenoxy) is 2. The molecule has 4 nitrogen and oxygen atoms in total. The van der Waals surface area contributed by atoms with Gasteiger partial charge in [-0.2, -0.15) is 0 Å². The molecule has 1 saturated heterocycles. The molecule has 1 aliphatic heterocycles. The molecule has 1 N–H and O–H groups in total. The van der Waals surface area contributed by atoms with Gasteiger partial charge in [0, 0.05) is 43.3 Å². The lowest BCUT2D eigenvalue weighted by Crippen LogP contribution is -2.40. The molecule has 2 aromatic rings. The third-order valence-electron chi connectivity index (χ3n) is 4.28. The zero-order valence-electron chi connectivity index (χ0n) is 14.4. The van der Waals surface area contributed by atoms with Crippen molar-refractivity contribution >= 4 is 11.6 Å². The van der Waals surface area contributed by atoms with E-state index in [0.717, 1.165) is 67.8 Å². The van der Waals surface area contributed by atoms with Gasteiger partial charge in [-0.15, -0.1) is 0 Å². The van der Waals surface area contributed by atoms with Crippen molar-refractivity contribution in [2.75, 3.05) is 39.4 Å². The standard InChI is InChI=1S/C20H25ClN2O2/c21-19-6-7-20(25-16-17-4-2-1-3-5-17)18(14-19)15-22-8-9-23-10-12-24-13-11-23/h1-7,14,22H,8-13,15-16H2. The highest BCUT2D eigenvalue weighted by Gasteiger charge is 2.10. The lowest BCUT2D eigenvalue weighted by Gasteiger charge is -2.26. The van der Waals surface area contributed by atoms with Gasteiger partial charge in [0.1, 0.15) is 12.4 Å². The van der Waals surface area contributed by atoms with Crippen molar-refractivity contribution in [1.29, 1.82) is 0 Å². The lowest BCUT2D eigenvalue weighted by molar-refractivity contribution is 0.0384. The van der Waals surface area contributed by atoms with Crippen LogP contribution in [-0.2, 0) is 17.9 Å². The molecule has 25 heavy (non-hydrogen) atoms. The van der Waals surface area contributed by atoms with Crippen LogP contribution in [0.4, 0.5) is 0 Å². The van der Waals surface area contributed by atoms with E-state index in [1.165, 1.54) is 0 Å². The number of nitrogens with zero attached hydrogens (tertiary/aromatic N) is 1. The summed E-state index contributed by atoms with van der Waals surface area (Å²) in [6.07, 6.45) is 0. The van der Waals surface area contributed by atoms with Crippen LogP contribution in [0.25, 0.3) is 0 Å². The molecule has 2 aromatic carbocycles. The van der Waals surface area contributed by atoms with Crippen LogP contribution in [0.2, 0.25) is 5.02 Å². The summed E-state index contributed by atoms with van der Waals surface area (Å²) in [6.45, 7) is 6.99. The van der Waals surface area contributed by atoms with Crippen LogP contribution in [0.15, 0.2) is 48.5 Å². The zero-order chi connectivity index (χ0) is 17.3.